The second-order valence-corrected chi connectivity index (χ2v) is 9.48. The minimum atomic E-state index is -0.280. The summed E-state index contributed by atoms with van der Waals surface area (Å²) < 4.78 is 25.6. The molecule has 1 saturated carbocycles. The Morgan fingerprint density at radius 2 is 1.80 bits per heavy atom. The van der Waals surface area contributed by atoms with Gasteiger partial charge in [0.05, 0.1) is 18.8 Å². The Bertz CT molecular complexity index is 1170. The third kappa shape index (κ3) is 6.02. The number of carbonyl (C=O) groups is 1. The normalized spacial score (nSPS) is 16.8. The zero-order chi connectivity index (χ0) is 24.9. The van der Waals surface area contributed by atoms with E-state index in [9.17, 15) is 9.18 Å². The van der Waals surface area contributed by atoms with Crippen molar-refractivity contribution in [1.29, 1.82) is 0 Å². The molecule has 1 aliphatic heterocycles. The first-order chi connectivity index (χ1) is 16.9. The molecule has 35 heavy (non-hydrogen) atoms. The lowest BCUT2D eigenvalue weighted by Gasteiger charge is -2.36. The van der Waals surface area contributed by atoms with Crippen LogP contribution in [0.5, 0.6) is 11.5 Å². The van der Waals surface area contributed by atoms with Crippen molar-refractivity contribution in [1.82, 2.24) is 0 Å². The summed E-state index contributed by atoms with van der Waals surface area (Å²) in [7, 11) is 3.63. The molecule has 0 bridgehead atoms. The first-order valence-corrected chi connectivity index (χ1v) is 12.3. The fourth-order valence-corrected chi connectivity index (χ4v) is 4.09. The summed E-state index contributed by atoms with van der Waals surface area (Å²) >= 11 is 0. The van der Waals surface area contributed by atoms with Gasteiger partial charge in [0, 0.05) is 18.5 Å². The molecule has 3 aromatic rings. The van der Waals surface area contributed by atoms with Gasteiger partial charge in [-0.15, -0.1) is 0 Å². The van der Waals surface area contributed by atoms with Crippen LogP contribution in [0.25, 0.3) is 11.1 Å². The molecule has 1 heterocycles. The summed E-state index contributed by atoms with van der Waals surface area (Å²) in [6.07, 6.45) is 5.21. The van der Waals surface area contributed by atoms with Gasteiger partial charge in [-0.2, -0.15) is 0 Å². The third-order valence-corrected chi connectivity index (χ3v) is 6.64. The quantitative estimate of drug-likeness (QED) is 0.384. The summed E-state index contributed by atoms with van der Waals surface area (Å²) in [5.74, 6) is 1.37. The predicted octanol–water partition coefficient (Wildman–Crippen LogP) is 7.01. The van der Waals surface area contributed by atoms with E-state index < -0.39 is 0 Å². The van der Waals surface area contributed by atoms with Crippen molar-refractivity contribution in [3.05, 3.63) is 77.6 Å². The van der Waals surface area contributed by atoms with Crippen LogP contribution in [0, 0.1) is 11.7 Å². The molecule has 0 amide bonds. The van der Waals surface area contributed by atoms with Gasteiger partial charge in [-0.1, -0.05) is 56.5 Å². The molecular formula is C30H34FNO3. The highest BCUT2D eigenvalue weighted by molar-refractivity contribution is 5.78. The molecular weight excluding hydrogens is 441 g/mol. The number of carbonyl (C=O) groups excluding carboxylic acids is 1. The summed E-state index contributed by atoms with van der Waals surface area (Å²) in [6, 6.07) is 18.8. The van der Waals surface area contributed by atoms with E-state index in [1.165, 1.54) is 25.3 Å². The summed E-state index contributed by atoms with van der Waals surface area (Å²) in [4.78, 5) is 13.9. The second-order valence-electron chi connectivity index (χ2n) is 9.48. The van der Waals surface area contributed by atoms with E-state index in [-0.39, 0.29) is 23.6 Å². The minimum absolute atomic E-state index is 0.0109. The minimum Gasteiger partial charge on any atom is -0.497 e. The lowest BCUT2D eigenvalue weighted by Crippen LogP contribution is -2.33. The maximum Gasteiger partial charge on any atom is 0.142 e. The number of halogens is 1. The molecule has 0 N–H and O–H groups in total. The first kappa shape index (κ1) is 24.8. The molecule has 0 aromatic heterocycles. The number of anilines is 1. The molecule has 4 nitrogen and oxygen atoms in total. The molecule has 5 rings (SSSR count). The molecule has 5 heteroatoms. The highest BCUT2D eigenvalue weighted by atomic mass is 19.1. The Hall–Kier alpha value is -3.34. The molecule has 0 spiro atoms. The lowest BCUT2D eigenvalue weighted by molar-refractivity contribution is -0.120. The van der Waals surface area contributed by atoms with Crippen LogP contribution in [0.1, 0.15) is 50.3 Å². The summed E-state index contributed by atoms with van der Waals surface area (Å²) in [6.45, 7) is 4.12. The average Bonchev–Trinajstić information content (AvgIpc) is 3.75. The van der Waals surface area contributed by atoms with Gasteiger partial charge in [-0.3, -0.25) is 4.79 Å². The van der Waals surface area contributed by atoms with Gasteiger partial charge < -0.3 is 14.4 Å². The monoisotopic (exact) mass is 475 g/mol. The largest absolute Gasteiger partial charge is 0.497 e. The van der Waals surface area contributed by atoms with Crippen molar-refractivity contribution in [3.63, 3.8) is 0 Å². The SMILES string of the molecule is C1CC1.COc1ccc(F)c(-c2ccc(C3COc4ccc(CC(C)C(C)=O)cc4N3C)cc2)c1. The van der Waals surface area contributed by atoms with Crippen LogP contribution in [0.3, 0.4) is 0 Å². The van der Waals surface area contributed by atoms with Crippen LogP contribution in [0.4, 0.5) is 10.1 Å². The van der Waals surface area contributed by atoms with Gasteiger partial charge in [0.25, 0.3) is 0 Å². The van der Waals surface area contributed by atoms with E-state index in [1.54, 1.807) is 26.2 Å². The maximum absolute atomic E-state index is 14.3. The van der Waals surface area contributed by atoms with Crippen LogP contribution >= 0.6 is 0 Å². The van der Waals surface area contributed by atoms with E-state index in [2.05, 4.69) is 18.0 Å². The number of hydrogen-bond donors (Lipinski definition) is 0. The molecule has 1 fully saturated rings. The topological polar surface area (TPSA) is 38.8 Å². The molecule has 184 valence electrons. The number of Topliss-reactive ketones (excluding diaryl/α,β-unsaturated/α-hetero) is 1. The van der Waals surface area contributed by atoms with E-state index >= 15 is 0 Å². The van der Waals surface area contributed by atoms with Gasteiger partial charge in [0.1, 0.15) is 29.7 Å². The molecule has 2 atom stereocenters. The predicted molar refractivity (Wildman–Crippen MR) is 139 cm³/mol. The van der Waals surface area contributed by atoms with Crippen molar-refractivity contribution < 1.29 is 18.7 Å². The number of rotatable bonds is 6. The Morgan fingerprint density at radius 1 is 1.09 bits per heavy atom. The van der Waals surface area contributed by atoms with Crippen LogP contribution < -0.4 is 14.4 Å². The maximum atomic E-state index is 14.3. The highest BCUT2D eigenvalue weighted by Gasteiger charge is 2.27. The van der Waals surface area contributed by atoms with Crippen molar-refractivity contribution in [2.24, 2.45) is 5.92 Å². The van der Waals surface area contributed by atoms with E-state index in [0.717, 1.165) is 28.1 Å². The number of benzene rings is 3. The zero-order valence-electron chi connectivity index (χ0n) is 21.0. The lowest BCUT2D eigenvalue weighted by atomic mass is 9.96. The molecule has 0 saturated heterocycles. The Morgan fingerprint density at radius 3 is 2.43 bits per heavy atom. The third-order valence-electron chi connectivity index (χ3n) is 6.64. The Balaban J connectivity index is 0.000000894. The zero-order valence-corrected chi connectivity index (χ0v) is 21.0. The Kier molecular flexibility index (Phi) is 7.74. The van der Waals surface area contributed by atoms with Gasteiger partial charge in [0.2, 0.25) is 0 Å². The van der Waals surface area contributed by atoms with Crippen LogP contribution in [-0.2, 0) is 11.2 Å². The fourth-order valence-electron chi connectivity index (χ4n) is 4.09. The number of ketones is 1. The van der Waals surface area contributed by atoms with Crippen molar-refractivity contribution >= 4 is 11.5 Å². The number of nitrogens with zero attached hydrogens (tertiary/aromatic N) is 1. The van der Waals surface area contributed by atoms with E-state index in [4.69, 9.17) is 9.47 Å². The van der Waals surface area contributed by atoms with Crippen molar-refractivity contribution in [2.75, 3.05) is 25.7 Å². The number of fused-ring (bicyclic) bond motifs is 1. The van der Waals surface area contributed by atoms with Crippen molar-refractivity contribution in [2.45, 2.75) is 45.6 Å². The summed E-state index contributed by atoms with van der Waals surface area (Å²) in [5.41, 5.74) is 4.53. The van der Waals surface area contributed by atoms with Gasteiger partial charge in [-0.25, -0.2) is 4.39 Å². The van der Waals surface area contributed by atoms with Gasteiger partial charge >= 0.3 is 0 Å². The molecule has 1 aliphatic carbocycles. The standard InChI is InChI=1S/C27H28FNO3.C3H6/c1-17(18(2)30)13-19-5-12-27-25(14-19)29(3)26(16-32-27)21-8-6-20(7-9-21)23-15-22(31-4)10-11-24(23)28;1-2-3-1/h5-12,14-15,17,26H,13,16H2,1-4H3;1-3H2. The van der Waals surface area contributed by atoms with Gasteiger partial charge in [-0.05, 0) is 60.4 Å². The molecule has 2 aliphatic rings. The van der Waals surface area contributed by atoms with Crippen LogP contribution in [-0.4, -0.2) is 26.5 Å². The second kappa shape index (κ2) is 10.9. The molecule has 3 aromatic carbocycles. The number of methoxy groups -OCH3 is 1. The van der Waals surface area contributed by atoms with E-state index in [1.807, 2.05) is 43.3 Å². The smallest absolute Gasteiger partial charge is 0.142 e. The first-order valence-electron chi connectivity index (χ1n) is 12.3. The van der Waals surface area contributed by atoms with Crippen LogP contribution in [0.2, 0.25) is 0 Å². The molecule has 2 unspecified atom stereocenters. The molecule has 0 radical (unpaired) electrons. The summed E-state index contributed by atoms with van der Waals surface area (Å²) in [5, 5.41) is 0. The number of ether oxygens (including phenoxy) is 2. The number of hydrogen-bond acceptors (Lipinski definition) is 4. The van der Waals surface area contributed by atoms with Crippen molar-refractivity contribution in [3.8, 4) is 22.6 Å². The Labute approximate surface area is 207 Å². The average molecular weight is 476 g/mol. The number of likely N-dealkylation sites (N-methyl/N-ethyl adjacent to an activating group) is 1. The van der Waals surface area contributed by atoms with Gasteiger partial charge in [0.15, 0.2) is 0 Å². The highest BCUT2D eigenvalue weighted by Crippen LogP contribution is 2.39. The fraction of sp³-hybridized carbons (Fsp3) is 0.367. The van der Waals surface area contributed by atoms with E-state index in [0.29, 0.717) is 24.3 Å². The van der Waals surface area contributed by atoms with Crippen LogP contribution in [0.15, 0.2) is 60.7 Å².